The van der Waals surface area contributed by atoms with Crippen LogP contribution < -0.4 is 5.32 Å². The highest BCUT2D eigenvalue weighted by molar-refractivity contribution is 7.10. The van der Waals surface area contributed by atoms with Gasteiger partial charge in [-0.05, 0) is 48.9 Å². The molecule has 3 rings (SSSR count). The minimum Gasteiger partial charge on any atom is -0.338 e. The van der Waals surface area contributed by atoms with Crippen molar-refractivity contribution in [1.29, 1.82) is 0 Å². The van der Waals surface area contributed by atoms with E-state index in [0.29, 0.717) is 11.8 Å². The molecule has 1 atom stereocenters. The summed E-state index contributed by atoms with van der Waals surface area (Å²) >= 11 is 1.82. The summed E-state index contributed by atoms with van der Waals surface area (Å²) in [4.78, 5) is 15.7. The molecule has 92 valence electrons. The van der Waals surface area contributed by atoms with Gasteiger partial charge in [0.25, 0.3) is 0 Å². The Bertz CT molecular complexity index is 409. The van der Waals surface area contributed by atoms with Gasteiger partial charge in [0.1, 0.15) is 0 Å². The maximum absolute atomic E-state index is 12.2. The lowest BCUT2D eigenvalue weighted by Gasteiger charge is -2.28. The van der Waals surface area contributed by atoms with Gasteiger partial charge in [0.2, 0.25) is 5.91 Å². The SMILES string of the molecule is O=C(CC1CCNC1)N1CCc2sccc2C1. The molecule has 1 aromatic heterocycles. The largest absolute Gasteiger partial charge is 0.338 e. The van der Waals surface area contributed by atoms with Crippen LogP contribution in [0.3, 0.4) is 0 Å². The second-order valence-corrected chi connectivity index (χ2v) is 6.00. The predicted molar refractivity (Wildman–Crippen MR) is 69.0 cm³/mol. The smallest absolute Gasteiger partial charge is 0.223 e. The fraction of sp³-hybridized carbons (Fsp3) is 0.615. The molecule has 0 radical (unpaired) electrons. The van der Waals surface area contributed by atoms with E-state index in [1.54, 1.807) is 0 Å². The highest BCUT2D eigenvalue weighted by Gasteiger charge is 2.25. The van der Waals surface area contributed by atoms with Crippen molar-refractivity contribution in [2.45, 2.75) is 25.8 Å². The molecule has 1 N–H and O–H groups in total. The van der Waals surface area contributed by atoms with Crippen molar-refractivity contribution in [1.82, 2.24) is 10.2 Å². The van der Waals surface area contributed by atoms with Gasteiger partial charge in [-0.25, -0.2) is 0 Å². The third kappa shape index (κ3) is 2.38. The fourth-order valence-corrected chi connectivity index (χ4v) is 3.62. The Morgan fingerprint density at radius 3 is 3.35 bits per heavy atom. The Balaban J connectivity index is 1.60. The number of hydrogen-bond acceptors (Lipinski definition) is 3. The van der Waals surface area contributed by atoms with Crippen LogP contribution in [0.15, 0.2) is 11.4 Å². The summed E-state index contributed by atoms with van der Waals surface area (Å²) in [6, 6.07) is 2.16. The van der Waals surface area contributed by atoms with Gasteiger partial charge in [0.15, 0.2) is 0 Å². The van der Waals surface area contributed by atoms with Gasteiger partial charge in [-0.2, -0.15) is 0 Å². The van der Waals surface area contributed by atoms with Crippen LogP contribution in [0.25, 0.3) is 0 Å². The van der Waals surface area contributed by atoms with Crippen molar-refractivity contribution < 1.29 is 4.79 Å². The summed E-state index contributed by atoms with van der Waals surface area (Å²) in [5.74, 6) is 0.905. The summed E-state index contributed by atoms with van der Waals surface area (Å²) in [5, 5.41) is 5.46. The summed E-state index contributed by atoms with van der Waals surface area (Å²) < 4.78 is 0. The van der Waals surface area contributed by atoms with Gasteiger partial charge in [0, 0.05) is 24.4 Å². The minimum atomic E-state index is 0.343. The Morgan fingerprint density at radius 1 is 1.59 bits per heavy atom. The number of rotatable bonds is 2. The molecule has 2 aliphatic heterocycles. The Hall–Kier alpha value is -0.870. The van der Waals surface area contributed by atoms with Gasteiger partial charge in [-0.1, -0.05) is 0 Å². The number of fused-ring (bicyclic) bond motifs is 1. The van der Waals surface area contributed by atoms with Crippen molar-refractivity contribution >= 4 is 17.2 Å². The van der Waals surface area contributed by atoms with Crippen LogP contribution in [-0.2, 0) is 17.8 Å². The van der Waals surface area contributed by atoms with E-state index in [1.165, 1.54) is 10.4 Å². The van der Waals surface area contributed by atoms with Crippen LogP contribution in [0.2, 0.25) is 0 Å². The Kier molecular flexibility index (Phi) is 3.16. The lowest BCUT2D eigenvalue weighted by atomic mass is 10.0. The van der Waals surface area contributed by atoms with Gasteiger partial charge in [-0.15, -0.1) is 11.3 Å². The van der Waals surface area contributed by atoms with Crippen molar-refractivity contribution in [2.75, 3.05) is 19.6 Å². The summed E-state index contributed by atoms with van der Waals surface area (Å²) in [6.45, 7) is 3.83. The number of carbonyl (C=O) groups excluding carboxylic acids is 1. The quantitative estimate of drug-likeness (QED) is 0.865. The van der Waals surface area contributed by atoms with Crippen molar-refractivity contribution in [3.63, 3.8) is 0 Å². The molecule has 17 heavy (non-hydrogen) atoms. The monoisotopic (exact) mass is 250 g/mol. The maximum Gasteiger partial charge on any atom is 0.223 e. The van der Waals surface area contributed by atoms with Gasteiger partial charge >= 0.3 is 0 Å². The van der Waals surface area contributed by atoms with E-state index in [1.807, 2.05) is 16.2 Å². The summed E-state index contributed by atoms with van der Waals surface area (Å²) in [5.41, 5.74) is 1.36. The average Bonchev–Trinajstić information content (AvgIpc) is 2.97. The molecule has 3 nitrogen and oxygen atoms in total. The molecule has 1 unspecified atom stereocenters. The lowest BCUT2D eigenvalue weighted by Crippen LogP contribution is -2.36. The van der Waals surface area contributed by atoms with E-state index in [2.05, 4.69) is 16.8 Å². The molecule has 1 amide bonds. The fourth-order valence-electron chi connectivity index (χ4n) is 2.73. The van der Waals surface area contributed by atoms with E-state index in [0.717, 1.165) is 45.4 Å². The van der Waals surface area contributed by atoms with Crippen LogP contribution >= 0.6 is 11.3 Å². The normalized spacial score (nSPS) is 23.8. The topological polar surface area (TPSA) is 32.3 Å². The molecule has 0 aliphatic carbocycles. The lowest BCUT2D eigenvalue weighted by molar-refractivity contribution is -0.133. The van der Waals surface area contributed by atoms with E-state index in [9.17, 15) is 4.79 Å². The predicted octanol–water partition coefficient (Wildman–Crippen LogP) is 1.63. The first-order valence-corrected chi connectivity index (χ1v) is 7.24. The van der Waals surface area contributed by atoms with Crippen molar-refractivity contribution in [2.24, 2.45) is 5.92 Å². The number of amides is 1. The summed E-state index contributed by atoms with van der Waals surface area (Å²) in [6.07, 6.45) is 2.93. The molecule has 1 saturated heterocycles. The second-order valence-electron chi connectivity index (χ2n) is 5.00. The minimum absolute atomic E-state index is 0.343. The number of carbonyl (C=O) groups is 1. The third-order valence-corrected chi connectivity index (χ3v) is 4.81. The molecule has 1 aromatic rings. The Labute approximate surface area is 106 Å². The molecular weight excluding hydrogens is 232 g/mol. The van der Waals surface area contributed by atoms with Gasteiger partial charge in [0.05, 0.1) is 0 Å². The number of nitrogens with one attached hydrogen (secondary N) is 1. The molecule has 0 spiro atoms. The molecule has 1 fully saturated rings. The number of thiophene rings is 1. The standard InChI is InChI=1S/C13H18N2OS/c16-13(7-10-1-4-14-8-10)15-5-2-12-11(9-15)3-6-17-12/h3,6,10,14H,1-2,4-5,7-9H2. The van der Waals surface area contributed by atoms with Crippen molar-refractivity contribution in [3.05, 3.63) is 21.9 Å². The Morgan fingerprint density at radius 2 is 2.53 bits per heavy atom. The zero-order valence-corrected chi connectivity index (χ0v) is 10.8. The van der Waals surface area contributed by atoms with E-state index in [4.69, 9.17) is 0 Å². The highest BCUT2D eigenvalue weighted by Crippen LogP contribution is 2.25. The molecule has 0 bridgehead atoms. The van der Waals surface area contributed by atoms with Gasteiger partial charge < -0.3 is 10.2 Å². The first-order valence-electron chi connectivity index (χ1n) is 6.36. The van der Waals surface area contributed by atoms with E-state index in [-0.39, 0.29) is 0 Å². The first-order chi connectivity index (χ1) is 8.33. The number of hydrogen-bond donors (Lipinski definition) is 1. The number of nitrogens with zero attached hydrogens (tertiary/aromatic N) is 1. The molecule has 2 aliphatic rings. The second kappa shape index (κ2) is 4.78. The highest BCUT2D eigenvalue weighted by atomic mass is 32.1. The molecule has 0 saturated carbocycles. The van der Waals surface area contributed by atoms with Crippen LogP contribution in [-0.4, -0.2) is 30.4 Å². The van der Waals surface area contributed by atoms with Gasteiger partial charge in [-0.3, -0.25) is 4.79 Å². The van der Waals surface area contributed by atoms with Crippen molar-refractivity contribution in [3.8, 4) is 0 Å². The molecule has 0 aromatic carbocycles. The zero-order chi connectivity index (χ0) is 11.7. The molecule has 4 heteroatoms. The van der Waals surface area contributed by atoms with Crippen LogP contribution in [0.5, 0.6) is 0 Å². The molecule has 3 heterocycles. The van der Waals surface area contributed by atoms with E-state index >= 15 is 0 Å². The zero-order valence-electron chi connectivity index (χ0n) is 9.95. The third-order valence-electron chi connectivity index (χ3n) is 3.79. The van der Waals surface area contributed by atoms with Crippen LogP contribution in [0.1, 0.15) is 23.3 Å². The average molecular weight is 250 g/mol. The summed E-state index contributed by atoms with van der Waals surface area (Å²) in [7, 11) is 0. The maximum atomic E-state index is 12.2. The van der Waals surface area contributed by atoms with Crippen LogP contribution in [0.4, 0.5) is 0 Å². The first kappa shape index (κ1) is 11.2. The molecular formula is C13H18N2OS. The van der Waals surface area contributed by atoms with Crippen LogP contribution in [0, 0.1) is 5.92 Å². The van der Waals surface area contributed by atoms with E-state index < -0.39 is 0 Å².